The van der Waals surface area contributed by atoms with E-state index in [0.29, 0.717) is 5.04 Å². The second-order valence-corrected chi connectivity index (χ2v) is 26.8. The highest BCUT2D eigenvalue weighted by Crippen LogP contribution is 2.39. The van der Waals surface area contributed by atoms with Crippen molar-refractivity contribution in [3.05, 3.63) is 71.8 Å². The van der Waals surface area contributed by atoms with Crippen molar-refractivity contribution >= 4 is 36.7 Å². The van der Waals surface area contributed by atoms with Gasteiger partial charge in [-0.2, -0.15) is 0 Å². The minimum Gasteiger partial charge on any atom is -0.427 e. The number of hydrogen-bond acceptors (Lipinski definition) is 7. The standard InChI is InChI=1S/C24H37NO3Si2.C18H41NO2Si2/c1-26-30(27-2)21-13-19-25(30)18-11-3-4-12-20-29-28-24(22-14-7-5-8-15-22)23-16-9-6-10-17-23;1-6-18(7-2,22-20-3)14-11-9-8-10-12-15-19-16-13-17-23(19,5)21-4/h5-10,14-17,24H,3-4,11-13,18-21,29H2,1-2H3;6-17,22H2,1-5H3. The first-order valence-corrected chi connectivity index (χ1v) is 28.6. The lowest BCUT2D eigenvalue weighted by molar-refractivity contribution is 0.181. The minimum absolute atomic E-state index is 0.0791. The molecular formula is C42H78N2O5Si4. The van der Waals surface area contributed by atoms with Crippen molar-refractivity contribution in [1.29, 1.82) is 0 Å². The molecule has 2 saturated heterocycles. The molecule has 4 rings (SSSR count). The Morgan fingerprint density at radius 3 is 1.75 bits per heavy atom. The lowest BCUT2D eigenvalue weighted by Crippen LogP contribution is -2.53. The van der Waals surface area contributed by atoms with Crippen LogP contribution in [0.5, 0.6) is 0 Å². The molecule has 2 aromatic carbocycles. The second kappa shape index (κ2) is 26.0. The molecule has 2 aromatic rings. The molecule has 0 bridgehead atoms. The summed E-state index contributed by atoms with van der Waals surface area (Å²) in [6.07, 6.45) is 18.7. The topological polar surface area (TPSA) is 52.6 Å². The molecule has 0 spiro atoms. The van der Waals surface area contributed by atoms with Gasteiger partial charge in [0, 0.05) is 34.5 Å². The highest BCUT2D eigenvalue weighted by Gasteiger charge is 2.46. The van der Waals surface area contributed by atoms with Gasteiger partial charge in [0.25, 0.3) is 8.48 Å². The van der Waals surface area contributed by atoms with E-state index in [0.717, 1.165) is 19.1 Å². The van der Waals surface area contributed by atoms with Gasteiger partial charge in [-0.1, -0.05) is 132 Å². The molecule has 0 amide bonds. The molecule has 302 valence electrons. The lowest BCUT2D eigenvalue weighted by Gasteiger charge is -2.31. The molecule has 0 N–H and O–H groups in total. The minimum atomic E-state index is -2.05. The average molecular weight is 803 g/mol. The Hall–Kier alpha value is -0.972. The first-order valence-electron chi connectivity index (χ1n) is 21.2. The van der Waals surface area contributed by atoms with Crippen LogP contribution < -0.4 is 0 Å². The van der Waals surface area contributed by atoms with E-state index in [9.17, 15) is 0 Å². The Bertz CT molecular complexity index is 1160. The molecule has 53 heavy (non-hydrogen) atoms. The lowest BCUT2D eigenvalue weighted by atomic mass is 9.94. The van der Waals surface area contributed by atoms with Crippen LogP contribution in [0.1, 0.15) is 121 Å². The van der Waals surface area contributed by atoms with Crippen LogP contribution in [0.4, 0.5) is 0 Å². The van der Waals surface area contributed by atoms with Crippen molar-refractivity contribution < 1.29 is 22.1 Å². The van der Waals surface area contributed by atoms with Crippen LogP contribution in [-0.2, 0) is 22.1 Å². The fourth-order valence-electron chi connectivity index (χ4n) is 8.52. The summed E-state index contributed by atoms with van der Waals surface area (Å²) in [5, 5.41) is 0.566. The summed E-state index contributed by atoms with van der Waals surface area (Å²) in [7, 11) is 3.02. The van der Waals surface area contributed by atoms with E-state index >= 15 is 0 Å². The quantitative estimate of drug-likeness (QED) is 0.0695. The van der Waals surface area contributed by atoms with Crippen molar-refractivity contribution in [1.82, 2.24) is 9.13 Å². The maximum absolute atomic E-state index is 6.46. The molecular weight excluding hydrogens is 725 g/mol. The van der Waals surface area contributed by atoms with Crippen molar-refractivity contribution in [2.24, 2.45) is 0 Å². The van der Waals surface area contributed by atoms with Crippen molar-refractivity contribution in [2.45, 2.75) is 140 Å². The van der Waals surface area contributed by atoms with E-state index in [2.05, 4.69) is 90.2 Å². The van der Waals surface area contributed by atoms with Gasteiger partial charge in [-0.3, -0.25) is 4.57 Å². The summed E-state index contributed by atoms with van der Waals surface area (Å²) >= 11 is 0. The predicted molar refractivity (Wildman–Crippen MR) is 235 cm³/mol. The largest absolute Gasteiger partial charge is 0.427 e. The van der Waals surface area contributed by atoms with E-state index < -0.39 is 27.0 Å². The van der Waals surface area contributed by atoms with Crippen LogP contribution in [0.15, 0.2) is 60.7 Å². The normalized spacial score (nSPS) is 19.6. The molecule has 0 radical (unpaired) electrons. The van der Waals surface area contributed by atoms with E-state index in [1.807, 2.05) is 28.4 Å². The maximum atomic E-state index is 6.46. The average Bonchev–Trinajstić information content (AvgIpc) is 3.80. The number of benzene rings is 2. The summed E-state index contributed by atoms with van der Waals surface area (Å²) in [4.78, 5) is 0. The predicted octanol–water partition coefficient (Wildman–Crippen LogP) is 9.25. The highest BCUT2D eigenvalue weighted by atomic mass is 28.4. The Balaban J connectivity index is 0.000000297. The van der Waals surface area contributed by atoms with Gasteiger partial charge in [-0.15, -0.1) is 0 Å². The first-order chi connectivity index (χ1) is 25.8. The zero-order chi connectivity index (χ0) is 38.3. The molecule has 2 aliphatic heterocycles. The van der Waals surface area contributed by atoms with Gasteiger partial charge in [0.15, 0.2) is 19.5 Å². The van der Waals surface area contributed by atoms with Gasteiger partial charge in [-0.25, -0.2) is 0 Å². The van der Waals surface area contributed by atoms with Gasteiger partial charge in [-0.05, 0) is 93.1 Å². The number of nitrogens with zero attached hydrogens (tertiary/aromatic N) is 2. The zero-order valence-electron chi connectivity index (χ0n) is 35.0. The molecule has 2 aliphatic rings. The summed E-state index contributed by atoms with van der Waals surface area (Å²) in [5.41, 5.74) is 2.51. The van der Waals surface area contributed by atoms with Crippen molar-refractivity contribution in [3.8, 4) is 0 Å². The van der Waals surface area contributed by atoms with E-state index in [1.165, 1.54) is 126 Å². The van der Waals surface area contributed by atoms with Gasteiger partial charge >= 0.3 is 8.72 Å². The zero-order valence-corrected chi connectivity index (χ0v) is 39.9. The molecule has 0 aliphatic carbocycles. The monoisotopic (exact) mass is 802 g/mol. The Morgan fingerprint density at radius 2 is 1.19 bits per heavy atom. The molecule has 2 fully saturated rings. The molecule has 0 saturated carbocycles. The van der Waals surface area contributed by atoms with Gasteiger partial charge < -0.3 is 26.7 Å². The van der Waals surface area contributed by atoms with Crippen molar-refractivity contribution in [3.63, 3.8) is 0 Å². The van der Waals surface area contributed by atoms with Crippen LogP contribution in [0, 0.1) is 0 Å². The maximum Gasteiger partial charge on any atom is 0.427 e. The molecule has 7 nitrogen and oxygen atoms in total. The van der Waals surface area contributed by atoms with Crippen LogP contribution in [0.3, 0.4) is 0 Å². The van der Waals surface area contributed by atoms with E-state index in [4.69, 9.17) is 22.1 Å². The summed E-state index contributed by atoms with van der Waals surface area (Å²) in [5.74, 6) is 0. The first kappa shape index (κ1) is 46.4. The number of unbranched alkanes of at least 4 members (excludes halogenated alkanes) is 7. The Labute approximate surface area is 332 Å². The van der Waals surface area contributed by atoms with Crippen LogP contribution >= 0.6 is 0 Å². The highest BCUT2D eigenvalue weighted by molar-refractivity contribution is 6.70. The summed E-state index contributed by atoms with van der Waals surface area (Å²) in [6, 6.07) is 24.9. The van der Waals surface area contributed by atoms with Crippen LogP contribution in [0.2, 0.25) is 29.7 Å². The van der Waals surface area contributed by atoms with Crippen LogP contribution in [0.25, 0.3) is 0 Å². The SMILES string of the molecule is CCC(CC)(CCCCCCCN1CCC[Si]1(C)OC)[SiH2]OC.CO[Si]1(OC)CCCN1CCCCCC[SiH2]OC(c1ccccc1)c1ccccc1. The third-order valence-electron chi connectivity index (χ3n) is 12.4. The third-order valence-corrected chi connectivity index (χ3v) is 23.6. The number of rotatable bonds is 26. The van der Waals surface area contributed by atoms with Crippen molar-refractivity contribution in [2.75, 3.05) is 54.6 Å². The molecule has 1 unspecified atom stereocenters. The number of hydrogen-bond donors (Lipinski definition) is 0. The van der Waals surface area contributed by atoms with Gasteiger partial charge in [0.05, 0.1) is 6.10 Å². The summed E-state index contributed by atoms with van der Waals surface area (Å²) in [6.45, 7) is 11.9. The van der Waals surface area contributed by atoms with E-state index in [-0.39, 0.29) is 15.9 Å². The van der Waals surface area contributed by atoms with E-state index in [1.54, 1.807) is 0 Å². The van der Waals surface area contributed by atoms with Gasteiger partial charge in [0.2, 0.25) is 0 Å². The third kappa shape index (κ3) is 15.1. The molecule has 2 heterocycles. The fraction of sp³-hybridized carbons (Fsp3) is 0.714. The Kier molecular flexibility index (Phi) is 22.8. The van der Waals surface area contributed by atoms with Crippen LogP contribution in [-0.4, -0.2) is 100 Å². The molecule has 0 aromatic heterocycles. The fourth-order valence-corrected chi connectivity index (χ4v) is 17.1. The molecule has 1 atom stereocenters. The molecule has 11 heteroatoms. The Morgan fingerprint density at radius 1 is 0.660 bits per heavy atom. The second-order valence-electron chi connectivity index (χ2n) is 15.7. The summed E-state index contributed by atoms with van der Waals surface area (Å²) < 4.78 is 34.7. The van der Waals surface area contributed by atoms with Gasteiger partial charge in [0.1, 0.15) is 0 Å². The smallest absolute Gasteiger partial charge is 0.427 e.